The molecule has 1 aliphatic heterocycles. The summed E-state index contributed by atoms with van der Waals surface area (Å²) in [5.74, 6) is 0.607. The van der Waals surface area contributed by atoms with Crippen molar-refractivity contribution in [3.8, 4) is 23.1 Å². The van der Waals surface area contributed by atoms with Gasteiger partial charge in [0.2, 0.25) is 5.91 Å². The molecule has 5 rings (SSSR count). The number of likely N-dealkylation sites (tertiary alicyclic amines) is 1. The summed E-state index contributed by atoms with van der Waals surface area (Å²) in [7, 11) is 0. The molecule has 3 aromatic heterocycles. The summed E-state index contributed by atoms with van der Waals surface area (Å²) >= 11 is 0. The van der Waals surface area contributed by atoms with Gasteiger partial charge in [0.15, 0.2) is 11.5 Å². The fraction of sp³-hybridized carbons (Fsp3) is 0.280. The van der Waals surface area contributed by atoms with E-state index in [2.05, 4.69) is 21.3 Å². The van der Waals surface area contributed by atoms with Crippen molar-refractivity contribution in [3.63, 3.8) is 0 Å². The van der Waals surface area contributed by atoms with Crippen molar-refractivity contribution in [2.75, 3.05) is 6.54 Å². The monoisotopic (exact) mass is 453 g/mol. The van der Waals surface area contributed by atoms with E-state index in [1.165, 1.54) is 6.92 Å². The van der Waals surface area contributed by atoms with Crippen LogP contribution in [0.15, 0.2) is 36.7 Å². The van der Waals surface area contributed by atoms with Crippen LogP contribution in [0.4, 0.5) is 0 Å². The lowest BCUT2D eigenvalue weighted by Gasteiger charge is -2.26. The molecule has 170 valence electrons. The number of nitrogens with one attached hydrogen (secondary N) is 1. The van der Waals surface area contributed by atoms with Crippen molar-refractivity contribution >= 4 is 22.7 Å². The van der Waals surface area contributed by atoms with E-state index in [1.807, 2.05) is 27.7 Å². The second kappa shape index (κ2) is 8.56. The summed E-state index contributed by atoms with van der Waals surface area (Å²) < 4.78 is 1.85. The van der Waals surface area contributed by atoms with Gasteiger partial charge in [-0.2, -0.15) is 10.4 Å². The fourth-order valence-corrected chi connectivity index (χ4v) is 4.44. The number of aromatic nitrogens is 5. The van der Waals surface area contributed by atoms with Gasteiger partial charge in [0.05, 0.1) is 22.3 Å². The molecular formula is C25H23N7O2. The number of nitriles is 1. The maximum atomic E-state index is 12.3. The van der Waals surface area contributed by atoms with Crippen LogP contribution in [-0.2, 0) is 11.3 Å². The highest BCUT2D eigenvalue weighted by Gasteiger charge is 2.22. The molecule has 0 bridgehead atoms. The Hall–Kier alpha value is -4.32. The van der Waals surface area contributed by atoms with E-state index in [0.717, 1.165) is 36.0 Å². The van der Waals surface area contributed by atoms with Gasteiger partial charge in [-0.3, -0.25) is 19.3 Å². The highest BCUT2D eigenvalue weighted by Crippen LogP contribution is 2.29. The molecule has 0 spiro atoms. The Balaban J connectivity index is 1.60. The number of H-pyrrole nitrogens is 1. The van der Waals surface area contributed by atoms with E-state index < -0.39 is 0 Å². The SMILES string of the molecule is CC(=O)c1ccc(-n2cnc3ccc(CN4CCCCC4=O)cc32)nc1-c1c(C#N)n[nH]c1C. The third kappa shape index (κ3) is 3.73. The fourth-order valence-electron chi connectivity index (χ4n) is 4.44. The maximum absolute atomic E-state index is 12.3. The number of nitrogens with zero attached hydrogens (tertiary/aromatic N) is 6. The minimum absolute atomic E-state index is 0.150. The first-order valence-electron chi connectivity index (χ1n) is 11.2. The zero-order chi connectivity index (χ0) is 23.8. The number of ketones is 1. The summed E-state index contributed by atoms with van der Waals surface area (Å²) in [6, 6.07) is 11.5. The lowest BCUT2D eigenvalue weighted by atomic mass is 10.0. The first-order chi connectivity index (χ1) is 16.5. The van der Waals surface area contributed by atoms with Gasteiger partial charge in [0.25, 0.3) is 0 Å². The minimum atomic E-state index is -0.150. The second-order valence-corrected chi connectivity index (χ2v) is 8.52. The number of Topliss-reactive ketones (excluding diaryl/α,β-unsaturated/α-hetero) is 1. The summed E-state index contributed by atoms with van der Waals surface area (Å²) in [6.07, 6.45) is 4.27. The summed E-state index contributed by atoms with van der Waals surface area (Å²) in [6.45, 7) is 4.60. The number of hydrogen-bond acceptors (Lipinski definition) is 6. The number of aromatic amines is 1. The molecule has 4 aromatic rings. The first-order valence-corrected chi connectivity index (χ1v) is 11.2. The van der Waals surface area contributed by atoms with Crippen LogP contribution in [0.2, 0.25) is 0 Å². The van der Waals surface area contributed by atoms with Crippen LogP contribution in [-0.4, -0.2) is 47.9 Å². The van der Waals surface area contributed by atoms with Crippen LogP contribution in [0.3, 0.4) is 0 Å². The predicted molar refractivity (Wildman–Crippen MR) is 125 cm³/mol. The number of benzene rings is 1. The molecule has 1 amide bonds. The molecule has 9 nitrogen and oxygen atoms in total. The normalized spacial score (nSPS) is 13.9. The van der Waals surface area contributed by atoms with E-state index in [1.54, 1.807) is 25.4 Å². The average Bonchev–Trinajstić information content (AvgIpc) is 3.43. The quantitative estimate of drug-likeness (QED) is 0.460. The molecule has 0 aliphatic carbocycles. The van der Waals surface area contributed by atoms with E-state index >= 15 is 0 Å². The standard InChI is InChI=1S/C25H23N7O2/c1-15-24(20(12-26)30-29-15)25-18(16(2)33)7-9-22(28-25)32-14-27-19-8-6-17(11-21(19)32)13-31-10-4-3-5-23(31)34/h6-9,11,14H,3-5,10,13H2,1-2H3,(H,29,30). The van der Waals surface area contributed by atoms with E-state index in [-0.39, 0.29) is 17.4 Å². The number of piperidine rings is 1. The summed E-state index contributed by atoms with van der Waals surface area (Å²) in [5, 5.41) is 16.4. The Labute approximate surface area is 196 Å². The third-order valence-electron chi connectivity index (χ3n) is 6.20. The first kappa shape index (κ1) is 21.5. The minimum Gasteiger partial charge on any atom is -0.338 e. The smallest absolute Gasteiger partial charge is 0.222 e. The van der Waals surface area contributed by atoms with Crippen molar-refractivity contribution in [1.29, 1.82) is 5.26 Å². The van der Waals surface area contributed by atoms with Crippen LogP contribution in [0.5, 0.6) is 0 Å². The Morgan fingerprint density at radius 1 is 1.24 bits per heavy atom. The molecule has 34 heavy (non-hydrogen) atoms. The van der Waals surface area contributed by atoms with Crippen LogP contribution in [0, 0.1) is 18.3 Å². The van der Waals surface area contributed by atoms with Gasteiger partial charge < -0.3 is 4.90 Å². The van der Waals surface area contributed by atoms with Crippen LogP contribution in [0.1, 0.15) is 53.5 Å². The molecular weight excluding hydrogens is 430 g/mol. The Kier molecular flexibility index (Phi) is 5.42. The molecule has 0 saturated carbocycles. The van der Waals surface area contributed by atoms with Gasteiger partial charge in [-0.05, 0) is 56.5 Å². The van der Waals surface area contributed by atoms with Crippen LogP contribution in [0.25, 0.3) is 28.1 Å². The lowest BCUT2D eigenvalue weighted by Crippen LogP contribution is -2.34. The third-order valence-corrected chi connectivity index (χ3v) is 6.20. The van der Waals surface area contributed by atoms with Gasteiger partial charge in [0.1, 0.15) is 18.2 Å². The molecule has 1 aliphatic rings. The molecule has 1 aromatic carbocycles. The van der Waals surface area contributed by atoms with Crippen molar-refractivity contribution in [1.82, 2.24) is 29.6 Å². The van der Waals surface area contributed by atoms with Crippen molar-refractivity contribution in [2.45, 2.75) is 39.7 Å². The number of fused-ring (bicyclic) bond motifs is 1. The molecule has 4 heterocycles. The predicted octanol–water partition coefficient (Wildman–Crippen LogP) is 3.71. The Morgan fingerprint density at radius 2 is 2.09 bits per heavy atom. The number of rotatable bonds is 5. The topological polar surface area (TPSA) is 121 Å². The lowest BCUT2D eigenvalue weighted by molar-refractivity contribution is -0.133. The number of carbonyl (C=O) groups excluding carboxylic acids is 2. The maximum Gasteiger partial charge on any atom is 0.222 e. The van der Waals surface area contributed by atoms with Crippen molar-refractivity contribution in [2.24, 2.45) is 0 Å². The van der Waals surface area contributed by atoms with Crippen molar-refractivity contribution < 1.29 is 9.59 Å². The number of amides is 1. The molecule has 0 unspecified atom stereocenters. The number of aryl methyl sites for hydroxylation is 1. The van der Waals surface area contributed by atoms with Gasteiger partial charge >= 0.3 is 0 Å². The van der Waals surface area contributed by atoms with Crippen LogP contribution >= 0.6 is 0 Å². The molecule has 0 radical (unpaired) electrons. The highest BCUT2D eigenvalue weighted by molar-refractivity contribution is 6.00. The summed E-state index contributed by atoms with van der Waals surface area (Å²) in [4.78, 5) is 35.8. The van der Waals surface area contributed by atoms with Gasteiger partial charge in [-0.25, -0.2) is 9.97 Å². The largest absolute Gasteiger partial charge is 0.338 e. The van der Waals surface area contributed by atoms with Crippen LogP contribution < -0.4 is 0 Å². The zero-order valence-corrected chi connectivity index (χ0v) is 19.0. The van der Waals surface area contributed by atoms with E-state index in [9.17, 15) is 14.9 Å². The second-order valence-electron chi connectivity index (χ2n) is 8.52. The van der Waals surface area contributed by atoms with Crippen molar-refractivity contribution in [3.05, 3.63) is 59.2 Å². The number of hydrogen-bond donors (Lipinski definition) is 1. The molecule has 1 saturated heterocycles. The van der Waals surface area contributed by atoms with Gasteiger partial charge in [0, 0.05) is 30.8 Å². The molecule has 1 fully saturated rings. The van der Waals surface area contributed by atoms with E-state index in [0.29, 0.717) is 41.3 Å². The Morgan fingerprint density at radius 3 is 2.85 bits per heavy atom. The molecule has 1 N–H and O–H groups in total. The summed E-state index contributed by atoms with van der Waals surface area (Å²) in [5.41, 5.74) is 4.85. The number of pyridine rings is 1. The van der Waals surface area contributed by atoms with Gasteiger partial charge in [-0.1, -0.05) is 6.07 Å². The van der Waals surface area contributed by atoms with Gasteiger partial charge in [-0.15, -0.1) is 0 Å². The Bertz CT molecular complexity index is 1470. The highest BCUT2D eigenvalue weighted by atomic mass is 16.2. The van der Waals surface area contributed by atoms with E-state index in [4.69, 9.17) is 4.98 Å². The zero-order valence-electron chi connectivity index (χ0n) is 19.0. The number of imidazole rings is 1. The molecule has 0 atom stereocenters. The number of carbonyl (C=O) groups is 2. The molecule has 9 heteroatoms. The average molecular weight is 454 g/mol.